The Morgan fingerprint density at radius 1 is 1.25 bits per heavy atom. The minimum absolute atomic E-state index is 0.0883. The minimum Gasteiger partial charge on any atom is -0.479 e. The van der Waals surface area contributed by atoms with Gasteiger partial charge in [-0.2, -0.15) is 9.97 Å². The van der Waals surface area contributed by atoms with Crippen LogP contribution in [0.15, 0.2) is 6.33 Å². The summed E-state index contributed by atoms with van der Waals surface area (Å²) in [6.07, 6.45) is -0.406. The van der Waals surface area contributed by atoms with Crippen LogP contribution >= 0.6 is 18.1 Å². The Bertz CT molecular complexity index is 1410. The number of aliphatic hydroxyl groups excluding tert-OH is 1. The Morgan fingerprint density at radius 2 is 1.93 bits per heavy atom. The monoisotopic (exact) mass is 662 g/mol. The number of carbonyl (C=O) groups excluding carboxylic acids is 3. The second-order valence-electron chi connectivity index (χ2n) is 10.4. The van der Waals surface area contributed by atoms with Crippen LogP contribution in [0.25, 0.3) is 11.2 Å². The fourth-order valence-corrected chi connectivity index (χ4v) is 8.10. The number of amides is 3. The highest BCUT2D eigenvalue weighted by molar-refractivity contribution is 8.56. The predicted molar refractivity (Wildman–Crippen MR) is 159 cm³/mol. The largest absolute Gasteiger partial charge is 0.479 e. The molecular weight excluding hydrogens is 623 g/mol. The molecule has 5 N–H and O–H groups in total. The highest BCUT2D eigenvalue weighted by atomic mass is 32.7. The van der Waals surface area contributed by atoms with Gasteiger partial charge in [0.15, 0.2) is 17.4 Å². The molecule has 1 fully saturated rings. The number of hydrogen-bond acceptors (Lipinski definition) is 15. The summed E-state index contributed by atoms with van der Waals surface area (Å²) >= 11 is 0.740. The van der Waals surface area contributed by atoms with Crippen LogP contribution in [0.2, 0.25) is 0 Å². The number of fused-ring (bicyclic) bond motifs is 1. The second-order valence-corrected chi connectivity index (χ2v) is 14.7. The number of carbonyl (C=O) groups is 3. The van der Waals surface area contributed by atoms with Crippen molar-refractivity contribution < 1.29 is 47.9 Å². The zero-order valence-electron chi connectivity index (χ0n) is 25.5. The van der Waals surface area contributed by atoms with Crippen molar-refractivity contribution in [2.24, 2.45) is 0 Å². The summed E-state index contributed by atoms with van der Waals surface area (Å²) in [4.78, 5) is 51.7. The number of aromatic nitrogens is 4. The normalized spacial score (nSPS) is 19.7. The molecule has 3 heterocycles. The first kappa shape index (κ1) is 35.4. The maximum absolute atomic E-state index is 13.9. The summed E-state index contributed by atoms with van der Waals surface area (Å²) < 4.78 is 37.3. The Morgan fingerprint density at radius 3 is 2.50 bits per heavy atom. The molecule has 1 unspecified atom stereocenters. The lowest BCUT2D eigenvalue weighted by molar-refractivity contribution is -0.158. The Kier molecular flexibility index (Phi) is 11.6. The third-order valence-corrected chi connectivity index (χ3v) is 10.6. The van der Waals surface area contributed by atoms with Crippen molar-refractivity contribution in [3.63, 3.8) is 0 Å². The third kappa shape index (κ3) is 7.96. The fourth-order valence-electron chi connectivity index (χ4n) is 4.12. The van der Waals surface area contributed by atoms with E-state index in [1.165, 1.54) is 50.8 Å². The lowest BCUT2D eigenvalue weighted by Gasteiger charge is -2.32. The number of nitrogens with two attached hydrogens (primary N) is 1. The van der Waals surface area contributed by atoms with E-state index in [0.29, 0.717) is 0 Å². The summed E-state index contributed by atoms with van der Waals surface area (Å²) in [5.74, 6) is -1.29. The van der Waals surface area contributed by atoms with Gasteiger partial charge in [-0.25, -0.2) is 14.9 Å². The van der Waals surface area contributed by atoms with Crippen LogP contribution in [0.3, 0.4) is 0 Å². The molecule has 2 aromatic heterocycles. The molecule has 0 bridgehead atoms. The molecule has 0 saturated carbocycles. The van der Waals surface area contributed by atoms with Crippen LogP contribution in [-0.2, 0) is 28.2 Å². The number of aliphatic hydroxyl groups is 2. The molecule has 5 atom stereocenters. The van der Waals surface area contributed by atoms with Crippen molar-refractivity contribution in [2.75, 3.05) is 52.5 Å². The number of urea groups is 1. The van der Waals surface area contributed by atoms with Gasteiger partial charge >= 0.3 is 18.7 Å². The Labute approximate surface area is 257 Å². The van der Waals surface area contributed by atoms with E-state index in [-0.39, 0.29) is 42.0 Å². The van der Waals surface area contributed by atoms with Gasteiger partial charge in [-0.05, 0) is 27.7 Å². The molecule has 246 valence electrons. The van der Waals surface area contributed by atoms with Gasteiger partial charge in [0.2, 0.25) is 11.8 Å². The predicted octanol–water partition coefficient (Wildman–Crippen LogP) is 0.356. The molecule has 2 aromatic rings. The first-order valence-electron chi connectivity index (χ1n) is 13.5. The topological polar surface area (TPSA) is 234 Å². The number of methoxy groups -OCH3 is 1. The van der Waals surface area contributed by atoms with Gasteiger partial charge in [-0.15, -0.1) is 0 Å². The quantitative estimate of drug-likeness (QED) is 0.0822. The number of rotatable bonds is 16. The number of hydrogen-bond donors (Lipinski definition) is 4. The van der Waals surface area contributed by atoms with Gasteiger partial charge in [-0.1, -0.05) is 11.4 Å². The molecule has 0 aromatic carbocycles. The van der Waals surface area contributed by atoms with E-state index >= 15 is 0 Å². The molecule has 44 heavy (non-hydrogen) atoms. The van der Waals surface area contributed by atoms with Crippen LogP contribution in [0.5, 0.6) is 5.88 Å². The number of ether oxygens (including phenoxy) is 3. The molecule has 0 aliphatic carbocycles. The van der Waals surface area contributed by atoms with Crippen LogP contribution in [0.4, 0.5) is 10.7 Å². The summed E-state index contributed by atoms with van der Waals surface area (Å²) in [6, 6.07) is -2.47. The van der Waals surface area contributed by atoms with E-state index in [1.54, 1.807) is 13.8 Å². The lowest BCUT2D eigenvalue weighted by Crippen LogP contribution is -2.42. The zero-order valence-corrected chi connectivity index (χ0v) is 27.2. The number of imidazole rings is 1. The first-order chi connectivity index (χ1) is 20.5. The molecule has 20 heteroatoms. The standard InChI is InChI=1S/C24H39N8O10PS/c1-13(2)42-20(35)14(3)29-43(38,44-10-15-19(34)31(6)23(36)30(15)5)41-9-8-40-21(24(4,37)11-33)32-12-26-16-17(32)27-22(25)28-18(16)39-7/h12-15,21,33,37H,8-11H2,1-7H3,(H,29,38)(H2,25,27,28)/t14-,15?,21+,24+,43+/m0/s1. The van der Waals surface area contributed by atoms with Gasteiger partial charge in [0.05, 0.1) is 39.4 Å². The van der Waals surface area contributed by atoms with Gasteiger partial charge in [0.1, 0.15) is 17.7 Å². The smallest absolute Gasteiger partial charge is 0.327 e. The molecular formula is C24H39N8O10PS. The molecule has 3 amide bonds. The van der Waals surface area contributed by atoms with Crippen molar-refractivity contribution in [3.05, 3.63) is 6.33 Å². The lowest BCUT2D eigenvalue weighted by atomic mass is 10.1. The Balaban J connectivity index is 1.79. The molecule has 0 spiro atoms. The number of likely N-dealkylation sites (N-methyl/N-ethyl adjacent to an activating group) is 2. The number of esters is 1. The molecule has 1 aliphatic heterocycles. The number of nitrogens with one attached hydrogen (secondary N) is 1. The van der Waals surface area contributed by atoms with E-state index in [0.717, 1.165) is 16.3 Å². The molecule has 18 nitrogen and oxygen atoms in total. The number of imide groups is 1. The Hall–Kier alpha value is -3.06. The SMILES string of the molecule is COc1nc(N)nc2c1ncn2[C@H](OCCO[P@](=O)(N[C@@H](C)C(=O)OC(C)C)SCC1C(=O)N(C)C(=O)N1C)[C@](C)(O)CO. The van der Waals surface area contributed by atoms with Crippen LogP contribution in [0.1, 0.15) is 33.9 Å². The van der Waals surface area contributed by atoms with E-state index in [1.807, 2.05) is 0 Å². The van der Waals surface area contributed by atoms with Gasteiger partial charge in [0.25, 0.3) is 5.91 Å². The van der Waals surface area contributed by atoms with Crippen molar-refractivity contribution in [1.82, 2.24) is 34.4 Å². The van der Waals surface area contributed by atoms with E-state index in [4.69, 9.17) is 24.5 Å². The highest BCUT2D eigenvalue weighted by Gasteiger charge is 2.43. The maximum Gasteiger partial charge on any atom is 0.327 e. The van der Waals surface area contributed by atoms with Crippen molar-refractivity contribution in [3.8, 4) is 5.88 Å². The average Bonchev–Trinajstić information content (AvgIpc) is 3.45. The van der Waals surface area contributed by atoms with Crippen molar-refractivity contribution >= 4 is 53.1 Å². The summed E-state index contributed by atoms with van der Waals surface area (Å²) in [6.45, 7) is 0.818. The maximum atomic E-state index is 13.9. The van der Waals surface area contributed by atoms with Crippen molar-refractivity contribution in [1.29, 1.82) is 0 Å². The number of anilines is 1. The van der Waals surface area contributed by atoms with Crippen molar-refractivity contribution in [2.45, 2.75) is 57.7 Å². The molecule has 1 aliphatic rings. The number of nitrogens with zero attached hydrogens (tertiary/aromatic N) is 6. The van der Waals surface area contributed by atoms with E-state index in [9.17, 15) is 29.2 Å². The molecule has 1 saturated heterocycles. The minimum atomic E-state index is -3.95. The van der Waals surface area contributed by atoms with Gasteiger partial charge in [0, 0.05) is 19.8 Å². The first-order valence-corrected chi connectivity index (χ1v) is 16.7. The molecule has 0 radical (unpaired) electrons. The van der Waals surface area contributed by atoms with Gasteiger partial charge in [-0.3, -0.25) is 23.6 Å². The van der Waals surface area contributed by atoms with E-state index in [2.05, 4.69) is 20.0 Å². The van der Waals surface area contributed by atoms with Crippen LogP contribution in [-0.4, -0.2) is 128 Å². The fraction of sp³-hybridized carbons (Fsp3) is 0.667. The molecule has 3 rings (SSSR count). The van der Waals surface area contributed by atoms with Crippen LogP contribution < -0.4 is 15.6 Å². The third-order valence-electron chi connectivity index (χ3n) is 6.46. The summed E-state index contributed by atoms with van der Waals surface area (Å²) in [5, 5.41) is 23.5. The van der Waals surface area contributed by atoms with Gasteiger partial charge < -0.3 is 39.6 Å². The summed E-state index contributed by atoms with van der Waals surface area (Å²) in [5.41, 5.74) is 4.31. The van der Waals surface area contributed by atoms with Crippen LogP contribution in [0, 0.1) is 0 Å². The highest BCUT2D eigenvalue weighted by Crippen LogP contribution is 2.57. The zero-order chi connectivity index (χ0) is 33.0. The second kappa shape index (κ2) is 14.4. The van der Waals surface area contributed by atoms with E-state index < -0.39 is 61.3 Å². The summed E-state index contributed by atoms with van der Waals surface area (Å²) in [7, 11) is 4.17. The average molecular weight is 663 g/mol. The number of nitrogen functional groups attached to an aromatic ring is 1.